The van der Waals surface area contributed by atoms with Crippen molar-refractivity contribution in [2.75, 3.05) is 0 Å². The number of halogens is 2. The Morgan fingerprint density at radius 1 is 1.33 bits per heavy atom. The number of hydrogen-bond donors (Lipinski definition) is 1. The van der Waals surface area contributed by atoms with Crippen LogP contribution in [0.2, 0.25) is 5.02 Å². The molecule has 0 saturated heterocycles. The van der Waals surface area contributed by atoms with Crippen LogP contribution in [0.4, 0.5) is 0 Å². The molecular weight excluding hydrogens is 326 g/mol. The Bertz CT molecular complexity index is 553. The minimum absolute atomic E-state index is 0.152. The van der Waals surface area contributed by atoms with Crippen molar-refractivity contribution in [2.24, 2.45) is 0 Å². The van der Waals surface area contributed by atoms with E-state index >= 15 is 0 Å². The van der Waals surface area contributed by atoms with E-state index in [0.29, 0.717) is 14.4 Å². The summed E-state index contributed by atoms with van der Waals surface area (Å²) in [7, 11) is 0. The zero-order chi connectivity index (χ0) is 10.8. The van der Waals surface area contributed by atoms with Gasteiger partial charge in [0.15, 0.2) is 0 Å². The van der Waals surface area contributed by atoms with E-state index in [9.17, 15) is 4.79 Å². The van der Waals surface area contributed by atoms with Gasteiger partial charge in [-0.2, -0.15) is 0 Å². The first-order chi connectivity index (χ1) is 7.18. The Morgan fingerprint density at radius 3 is 2.73 bits per heavy atom. The summed E-state index contributed by atoms with van der Waals surface area (Å²) >= 11 is 7.92. The number of aromatic nitrogens is 2. The molecule has 15 heavy (non-hydrogen) atoms. The average Bonchev–Trinajstić information content (AvgIpc) is 2.23. The standard InChI is InChI=1S/C10H6ClIN2O/c11-7-4-2-1-3-6(7)9-13-5-8(12)10(15)14-9/h1-5H,(H,13,14,15). The number of H-pyrrole nitrogens is 1. The Labute approximate surface area is 105 Å². The number of nitrogens with one attached hydrogen (secondary N) is 1. The van der Waals surface area contributed by atoms with Crippen molar-refractivity contribution in [1.82, 2.24) is 9.97 Å². The summed E-state index contributed by atoms with van der Waals surface area (Å²) in [5.41, 5.74) is 0.577. The average molecular weight is 333 g/mol. The second-order valence-electron chi connectivity index (χ2n) is 2.89. The smallest absolute Gasteiger partial charge is 0.264 e. The zero-order valence-corrected chi connectivity index (χ0v) is 10.4. The lowest BCUT2D eigenvalue weighted by molar-refractivity contribution is 1.11. The van der Waals surface area contributed by atoms with Gasteiger partial charge >= 0.3 is 0 Å². The second kappa shape index (κ2) is 4.32. The Balaban J connectivity index is 2.60. The van der Waals surface area contributed by atoms with Gasteiger partial charge in [0.2, 0.25) is 0 Å². The van der Waals surface area contributed by atoms with Crippen LogP contribution < -0.4 is 5.56 Å². The first kappa shape index (κ1) is 10.6. The third-order valence-corrected chi connectivity index (χ3v) is 2.98. The summed E-state index contributed by atoms with van der Waals surface area (Å²) in [6.07, 6.45) is 1.53. The molecule has 0 fully saturated rings. The van der Waals surface area contributed by atoms with Crippen molar-refractivity contribution in [2.45, 2.75) is 0 Å². The molecule has 0 radical (unpaired) electrons. The number of rotatable bonds is 1. The van der Waals surface area contributed by atoms with E-state index in [1.807, 2.05) is 40.8 Å². The van der Waals surface area contributed by atoms with Crippen LogP contribution >= 0.6 is 34.2 Å². The fourth-order valence-electron chi connectivity index (χ4n) is 1.17. The Kier molecular flexibility index (Phi) is 3.06. The Morgan fingerprint density at radius 2 is 2.07 bits per heavy atom. The van der Waals surface area contributed by atoms with Gasteiger partial charge in [0.1, 0.15) is 5.82 Å². The van der Waals surface area contributed by atoms with Crippen LogP contribution in [0.3, 0.4) is 0 Å². The van der Waals surface area contributed by atoms with Crippen molar-refractivity contribution in [3.8, 4) is 11.4 Å². The normalized spacial score (nSPS) is 10.3. The van der Waals surface area contributed by atoms with Gasteiger partial charge in [-0.1, -0.05) is 23.7 Å². The van der Waals surface area contributed by atoms with E-state index in [-0.39, 0.29) is 5.56 Å². The molecule has 5 heteroatoms. The molecule has 0 bridgehead atoms. The van der Waals surface area contributed by atoms with Crippen LogP contribution in [0.1, 0.15) is 0 Å². The first-order valence-electron chi connectivity index (χ1n) is 4.18. The third kappa shape index (κ3) is 2.21. The van der Waals surface area contributed by atoms with Crippen LogP contribution in [-0.4, -0.2) is 9.97 Å². The van der Waals surface area contributed by atoms with Crippen LogP contribution in [0, 0.1) is 3.57 Å². The molecule has 0 amide bonds. The summed E-state index contributed by atoms with van der Waals surface area (Å²) in [6.45, 7) is 0. The molecule has 0 aliphatic carbocycles. The Hall–Kier alpha value is -0.880. The van der Waals surface area contributed by atoms with Crippen LogP contribution in [-0.2, 0) is 0 Å². The summed E-state index contributed by atoms with van der Waals surface area (Å²) in [6, 6.07) is 7.25. The molecule has 2 rings (SSSR count). The molecule has 0 saturated carbocycles. The summed E-state index contributed by atoms with van der Waals surface area (Å²) < 4.78 is 0.559. The molecule has 3 nitrogen and oxygen atoms in total. The monoisotopic (exact) mass is 332 g/mol. The SMILES string of the molecule is O=c1[nH]c(-c2ccccc2Cl)ncc1I. The lowest BCUT2D eigenvalue weighted by Gasteiger charge is -2.02. The van der Waals surface area contributed by atoms with Crippen LogP contribution in [0.25, 0.3) is 11.4 Å². The van der Waals surface area contributed by atoms with Gasteiger partial charge in [-0.25, -0.2) is 4.98 Å². The molecule has 1 heterocycles. The van der Waals surface area contributed by atoms with Crippen molar-refractivity contribution in [3.63, 3.8) is 0 Å². The van der Waals surface area contributed by atoms with Gasteiger partial charge in [0.25, 0.3) is 5.56 Å². The molecule has 0 aliphatic heterocycles. The lowest BCUT2D eigenvalue weighted by Crippen LogP contribution is -2.11. The first-order valence-corrected chi connectivity index (χ1v) is 5.64. The molecular formula is C10H6ClIN2O. The van der Waals surface area contributed by atoms with Gasteiger partial charge in [-0.3, -0.25) is 4.79 Å². The number of nitrogens with zero attached hydrogens (tertiary/aromatic N) is 1. The highest BCUT2D eigenvalue weighted by Gasteiger charge is 2.05. The molecule has 1 aromatic carbocycles. The quantitative estimate of drug-likeness (QED) is 0.816. The highest BCUT2D eigenvalue weighted by molar-refractivity contribution is 14.1. The minimum Gasteiger partial charge on any atom is -0.306 e. The van der Waals surface area contributed by atoms with Gasteiger partial charge in [0, 0.05) is 11.8 Å². The molecule has 0 spiro atoms. The highest BCUT2D eigenvalue weighted by Crippen LogP contribution is 2.23. The van der Waals surface area contributed by atoms with E-state index in [4.69, 9.17) is 11.6 Å². The molecule has 1 N–H and O–H groups in total. The fraction of sp³-hybridized carbons (Fsp3) is 0. The van der Waals surface area contributed by atoms with Gasteiger partial charge in [-0.05, 0) is 34.7 Å². The molecule has 0 atom stereocenters. The van der Waals surface area contributed by atoms with E-state index in [1.165, 1.54) is 6.20 Å². The van der Waals surface area contributed by atoms with E-state index in [2.05, 4.69) is 9.97 Å². The zero-order valence-electron chi connectivity index (χ0n) is 7.50. The largest absolute Gasteiger partial charge is 0.306 e. The number of hydrogen-bond acceptors (Lipinski definition) is 2. The number of benzene rings is 1. The van der Waals surface area contributed by atoms with Gasteiger partial charge < -0.3 is 4.98 Å². The minimum atomic E-state index is -0.152. The maximum Gasteiger partial charge on any atom is 0.264 e. The second-order valence-corrected chi connectivity index (χ2v) is 4.46. The molecule has 0 unspecified atom stereocenters. The summed E-state index contributed by atoms with van der Waals surface area (Å²) in [5, 5.41) is 0.571. The topological polar surface area (TPSA) is 45.8 Å². The predicted molar refractivity (Wildman–Crippen MR) is 68.0 cm³/mol. The van der Waals surface area contributed by atoms with E-state index in [1.54, 1.807) is 6.07 Å². The predicted octanol–water partition coefficient (Wildman–Crippen LogP) is 2.69. The molecule has 76 valence electrons. The molecule has 1 aromatic heterocycles. The summed E-state index contributed by atoms with van der Waals surface area (Å²) in [4.78, 5) is 18.2. The van der Waals surface area contributed by atoms with Gasteiger partial charge in [0.05, 0.1) is 8.59 Å². The molecule has 2 aromatic rings. The third-order valence-electron chi connectivity index (χ3n) is 1.88. The van der Waals surface area contributed by atoms with E-state index < -0.39 is 0 Å². The fourth-order valence-corrected chi connectivity index (χ4v) is 1.67. The van der Waals surface area contributed by atoms with E-state index in [0.717, 1.165) is 5.56 Å². The van der Waals surface area contributed by atoms with Crippen molar-refractivity contribution in [3.05, 3.63) is 49.4 Å². The van der Waals surface area contributed by atoms with Gasteiger partial charge in [-0.15, -0.1) is 0 Å². The maximum atomic E-state index is 11.4. The summed E-state index contributed by atoms with van der Waals surface area (Å²) in [5.74, 6) is 0.492. The number of aromatic amines is 1. The maximum absolute atomic E-state index is 11.4. The van der Waals surface area contributed by atoms with Crippen molar-refractivity contribution < 1.29 is 0 Å². The van der Waals surface area contributed by atoms with Crippen molar-refractivity contribution in [1.29, 1.82) is 0 Å². The highest BCUT2D eigenvalue weighted by atomic mass is 127. The lowest BCUT2D eigenvalue weighted by atomic mass is 10.2. The van der Waals surface area contributed by atoms with Crippen LogP contribution in [0.15, 0.2) is 35.3 Å². The van der Waals surface area contributed by atoms with Crippen LogP contribution in [0.5, 0.6) is 0 Å². The molecule has 0 aliphatic rings. The van der Waals surface area contributed by atoms with Crippen molar-refractivity contribution >= 4 is 34.2 Å².